The molecule has 2 heterocycles. The first-order chi connectivity index (χ1) is 12.8. The predicted molar refractivity (Wildman–Crippen MR) is 91.8 cm³/mol. The van der Waals surface area contributed by atoms with Gasteiger partial charge in [0, 0.05) is 32.0 Å². The Labute approximate surface area is 154 Å². The zero-order chi connectivity index (χ0) is 19.6. The number of halogens is 1. The molecule has 0 aliphatic carbocycles. The number of aliphatic hydroxyl groups is 1. The zero-order valence-corrected chi connectivity index (χ0v) is 14.6. The van der Waals surface area contributed by atoms with Gasteiger partial charge in [0.05, 0.1) is 17.7 Å². The molecule has 1 unspecified atom stereocenters. The van der Waals surface area contributed by atoms with Gasteiger partial charge in [0.1, 0.15) is 11.6 Å². The van der Waals surface area contributed by atoms with Crippen molar-refractivity contribution in [2.75, 3.05) is 18.0 Å². The summed E-state index contributed by atoms with van der Waals surface area (Å²) in [6, 6.07) is 4.25. The number of carbonyl (C=O) groups excluding carboxylic acids is 2. The van der Waals surface area contributed by atoms with E-state index in [2.05, 4.69) is 5.32 Å². The molecule has 3 N–H and O–H groups in total. The molecule has 2 amide bonds. The first kappa shape index (κ1) is 19.1. The van der Waals surface area contributed by atoms with E-state index < -0.39 is 29.4 Å². The molecule has 2 aliphatic rings. The fourth-order valence-corrected chi connectivity index (χ4v) is 3.39. The molecule has 0 bridgehead atoms. The van der Waals surface area contributed by atoms with E-state index in [9.17, 15) is 23.9 Å². The third kappa shape index (κ3) is 4.54. The number of benzene rings is 1. The lowest BCUT2D eigenvalue weighted by Crippen LogP contribution is -2.46. The molecular formula is C18H21FN2O6. The number of carboxylic acids is 1. The Kier molecular flexibility index (Phi) is 5.31. The second-order valence-electron chi connectivity index (χ2n) is 6.95. The normalized spacial score (nSPS) is 22.3. The van der Waals surface area contributed by atoms with E-state index in [1.54, 1.807) is 11.0 Å². The summed E-state index contributed by atoms with van der Waals surface area (Å²) in [4.78, 5) is 35.4. The second-order valence-corrected chi connectivity index (χ2v) is 6.95. The van der Waals surface area contributed by atoms with Crippen molar-refractivity contribution in [3.8, 4) is 5.75 Å². The second kappa shape index (κ2) is 7.51. The summed E-state index contributed by atoms with van der Waals surface area (Å²) in [6.45, 7) is 0.655. The number of ether oxygens (including phenoxy) is 1. The van der Waals surface area contributed by atoms with E-state index in [4.69, 9.17) is 9.84 Å². The maximum Gasteiger partial charge on any atom is 0.306 e. The van der Waals surface area contributed by atoms with Crippen LogP contribution in [0.15, 0.2) is 18.2 Å². The largest absolute Gasteiger partial charge is 0.481 e. The van der Waals surface area contributed by atoms with Crippen LogP contribution in [-0.2, 0) is 14.4 Å². The molecule has 8 nitrogen and oxygen atoms in total. The number of amides is 2. The number of hydrogen-bond donors (Lipinski definition) is 3. The number of hydrogen-bond acceptors (Lipinski definition) is 6. The molecule has 0 aromatic heterocycles. The molecule has 1 atom stereocenters. The van der Waals surface area contributed by atoms with Crippen LogP contribution in [0.2, 0.25) is 0 Å². The van der Waals surface area contributed by atoms with Gasteiger partial charge in [-0.25, -0.2) is 4.39 Å². The minimum absolute atomic E-state index is 0.171. The maximum absolute atomic E-state index is 14.5. The Morgan fingerprint density at radius 1 is 1.33 bits per heavy atom. The Balaban J connectivity index is 1.63. The topological polar surface area (TPSA) is 116 Å². The first-order valence-electron chi connectivity index (χ1n) is 8.75. The van der Waals surface area contributed by atoms with Crippen molar-refractivity contribution < 1.29 is 33.7 Å². The highest BCUT2D eigenvalue weighted by Crippen LogP contribution is 2.32. The van der Waals surface area contributed by atoms with Crippen LogP contribution in [0.1, 0.15) is 32.1 Å². The Morgan fingerprint density at radius 2 is 2.04 bits per heavy atom. The zero-order valence-electron chi connectivity index (χ0n) is 14.6. The molecule has 27 heavy (non-hydrogen) atoms. The van der Waals surface area contributed by atoms with Crippen LogP contribution in [-0.4, -0.2) is 52.8 Å². The molecule has 9 heteroatoms. The molecular weight excluding hydrogens is 359 g/mol. The number of carboxylic acid groups (broad SMARTS) is 1. The first-order valence-corrected chi connectivity index (χ1v) is 8.75. The fraction of sp³-hybridized carbons (Fsp3) is 0.500. The van der Waals surface area contributed by atoms with Crippen LogP contribution >= 0.6 is 0 Å². The van der Waals surface area contributed by atoms with E-state index in [1.807, 2.05) is 0 Å². The molecule has 0 spiro atoms. The lowest BCUT2D eigenvalue weighted by molar-refractivity contribution is -0.143. The molecule has 3 rings (SSSR count). The van der Waals surface area contributed by atoms with Gasteiger partial charge in [0.25, 0.3) is 5.91 Å². The van der Waals surface area contributed by atoms with Crippen LogP contribution in [0.25, 0.3) is 0 Å². The highest BCUT2D eigenvalue weighted by atomic mass is 19.1. The number of aliphatic carboxylic acids is 1. The SMILES string of the molecule is O=C(O)CC1(O)CCN(c2ccc(OC3CCC(=O)NC3=O)cc2F)CC1. The predicted octanol–water partition coefficient (Wildman–Crippen LogP) is 0.816. The van der Waals surface area contributed by atoms with Crippen molar-refractivity contribution in [2.24, 2.45) is 0 Å². The van der Waals surface area contributed by atoms with Crippen molar-refractivity contribution in [1.82, 2.24) is 5.32 Å². The quantitative estimate of drug-likeness (QED) is 0.648. The number of carbonyl (C=O) groups is 3. The van der Waals surface area contributed by atoms with Crippen LogP contribution < -0.4 is 15.0 Å². The van der Waals surface area contributed by atoms with Gasteiger partial charge in [-0.1, -0.05) is 0 Å². The van der Waals surface area contributed by atoms with Gasteiger partial charge in [-0.15, -0.1) is 0 Å². The van der Waals surface area contributed by atoms with Gasteiger partial charge in [-0.2, -0.15) is 0 Å². The maximum atomic E-state index is 14.5. The number of nitrogens with one attached hydrogen (secondary N) is 1. The van der Waals surface area contributed by atoms with Crippen molar-refractivity contribution in [1.29, 1.82) is 0 Å². The number of piperidine rings is 2. The Morgan fingerprint density at radius 3 is 2.63 bits per heavy atom. The number of rotatable bonds is 5. The lowest BCUT2D eigenvalue weighted by atomic mass is 9.88. The van der Waals surface area contributed by atoms with E-state index in [-0.39, 0.29) is 43.8 Å². The monoisotopic (exact) mass is 380 g/mol. The van der Waals surface area contributed by atoms with Gasteiger partial charge in [0.15, 0.2) is 6.10 Å². The minimum Gasteiger partial charge on any atom is -0.481 e. The standard InChI is InChI=1S/C18H21FN2O6/c19-12-9-11(27-14-3-4-15(22)20-17(14)25)1-2-13(12)21-7-5-18(26,6-8-21)10-16(23)24/h1-2,9,14,26H,3-8,10H2,(H,23,24)(H,20,22,25). The number of imide groups is 1. The molecule has 1 aromatic rings. The van der Waals surface area contributed by atoms with Gasteiger partial charge in [-0.05, 0) is 25.0 Å². The molecule has 2 saturated heterocycles. The van der Waals surface area contributed by atoms with E-state index in [0.29, 0.717) is 18.8 Å². The lowest BCUT2D eigenvalue weighted by Gasteiger charge is -2.38. The van der Waals surface area contributed by atoms with Gasteiger partial charge in [0.2, 0.25) is 5.91 Å². The minimum atomic E-state index is -1.27. The average Bonchev–Trinajstić information content (AvgIpc) is 2.58. The highest BCUT2D eigenvalue weighted by molar-refractivity contribution is 5.99. The summed E-state index contributed by atoms with van der Waals surface area (Å²) in [5, 5.41) is 21.3. The summed E-state index contributed by atoms with van der Waals surface area (Å²) in [5.41, 5.74) is -0.948. The van der Waals surface area contributed by atoms with Gasteiger partial charge >= 0.3 is 5.97 Å². The fourth-order valence-electron chi connectivity index (χ4n) is 3.39. The number of anilines is 1. The summed E-state index contributed by atoms with van der Waals surface area (Å²) >= 11 is 0. The third-order valence-corrected chi connectivity index (χ3v) is 4.90. The van der Waals surface area contributed by atoms with Gasteiger partial charge < -0.3 is 19.8 Å². The van der Waals surface area contributed by atoms with Gasteiger partial charge in [-0.3, -0.25) is 19.7 Å². The summed E-state index contributed by atoms with van der Waals surface area (Å²) in [5.74, 6) is -2.31. The summed E-state index contributed by atoms with van der Waals surface area (Å²) < 4.78 is 20.0. The molecule has 0 radical (unpaired) electrons. The number of nitrogens with zero attached hydrogens (tertiary/aromatic N) is 1. The third-order valence-electron chi connectivity index (χ3n) is 4.90. The van der Waals surface area contributed by atoms with Crippen molar-refractivity contribution in [3.63, 3.8) is 0 Å². The van der Waals surface area contributed by atoms with Crippen LogP contribution in [0.5, 0.6) is 5.75 Å². The molecule has 0 saturated carbocycles. The van der Waals surface area contributed by atoms with E-state index >= 15 is 0 Å². The molecule has 1 aromatic carbocycles. The summed E-state index contributed by atoms with van der Waals surface area (Å²) in [7, 11) is 0. The molecule has 2 aliphatic heterocycles. The van der Waals surface area contributed by atoms with Crippen LogP contribution in [0.4, 0.5) is 10.1 Å². The Hall–Kier alpha value is -2.68. The highest BCUT2D eigenvalue weighted by Gasteiger charge is 2.35. The molecule has 146 valence electrons. The van der Waals surface area contributed by atoms with Crippen molar-refractivity contribution in [2.45, 2.75) is 43.8 Å². The van der Waals surface area contributed by atoms with Crippen LogP contribution in [0, 0.1) is 5.82 Å². The summed E-state index contributed by atoms with van der Waals surface area (Å²) in [6.07, 6.45) is -0.302. The Bertz CT molecular complexity index is 760. The molecule has 2 fully saturated rings. The van der Waals surface area contributed by atoms with Crippen molar-refractivity contribution >= 4 is 23.5 Å². The van der Waals surface area contributed by atoms with Crippen LogP contribution in [0.3, 0.4) is 0 Å². The average molecular weight is 380 g/mol. The van der Waals surface area contributed by atoms with E-state index in [1.165, 1.54) is 12.1 Å². The van der Waals surface area contributed by atoms with Crippen molar-refractivity contribution in [3.05, 3.63) is 24.0 Å². The smallest absolute Gasteiger partial charge is 0.306 e. The van der Waals surface area contributed by atoms with E-state index in [0.717, 1.165) is 0 Å².